The molecule has 0 radical (unpaired) electrons. The topological polar surface area (TPSA) is 42.0 Å². The molecule has 0 aliphatic heterocycles. The summed E-state index contributed by atoms with van der Waals surface area (Å²) in [5, 5.41) is 3.05. The molecule has 3 nitrogen and oxygen atoms in total. The van der Waals surface area contributed by atoms with Gasteiger partial charge in [-0.1, -0.05) is 60.7 Å². The largest absolute Gasteiger partial charge is 0.324 e. The van der Waals surface area contributed by atoms with Crippen LogP contribution in [0.2, 0.25) is 0 Å². The molecule has 0 unspecified atom stereocenters. The van der Waals surface area contributed by atoms with Crippen LogP contribution in [0.3, 0.4) is 0 Å². The summed E-state index contributed by atoms with van der Waals surface area (Å²) in [4.78, 5) is 17.6. The first-order valence-corrected chi connectivity index (χ1v) is 8.37. The molecule has 1 aromatic heterocycles. The maximum atomic E-state index is 13.3. The maximum Gasteiger partial charge on any atom is 0.239 e. The number of carbonyl (C=O) groups is 1. The Bertz CT molecular complexity index is 834. The number of hydrogen-bond donors (Lipinski definition) is 1. The van der Waals surface area contributed by atoms with Crippen molar-refractivity contribution in [3.05, 3.63) is 95.3 Å². The monoisotopic (exact) mass is 330 g/mol. The highest BCUT2D eigenvalue weighted by molar-refractivity contribution is 6.01. The van der Waals surface area contributed by atoms with E-state index in [-0.39, 0.29) is 5.91 Å². The van der Waals surface area contributed by atoms with E-state index in [4.69, 9.17) is 0 Å². The van der Waals surface area contributed by atoms with Gasteiger partial charge in [-0.05, 0) is 43.5 Å². The van der Waals surface area contributed by atoms with E-state index >= 15 is 0 Å². The Morgan fingerprint density at radius 2 is 1.44 bits per heavy atom. The molecule has 126 valence electrons. The number of hydrogen-bond acceptors (Lipinski definition) is 2. The van der Waals surface area contributed by atoms with Crippen LogP contribution < -0.4 is 5.32 Å². The molecular formula is C22H22N2O. The molecule has 1 heterocycles. The second-order valence-electron chi connectivity index (χ2n) is 6.44. The normalized spacial score (nSPS) is 11.2. The Labute approximate surface area is 148 Å². The van der Waals surface area contributed by atoms with Gasteiger partial charge < -0.3 is 5.32 Å². The number of aromatic nitrogens is 1. The molecule has 0 fully saturated rings. The van der Waals surface area contributed by atoms with Crippen molar-refractivity contribution < 1.29 is 4.79 Å². The van der Waals surface area contributed by atoms with E-state index < -0.39 is 5.41 Å². The molecule has 2 aromatic carbocycles. The lowest BCUT2D eigenvalue weighted by molar-refractivity contribution is -0.119. The summed E-state index contributed by atoms with van der Waals surface area (Å²) in [6.07, 6.45) is 1.70. The number of anilines is 1. The van der Waals surface area contributed by atoms with E-state index in [1.54, 1.807) is 6.20 Å². The van der Waals surface area contributed by atoms with E-state index in [1.807, 2.05) is 87.5 Å². The minimum Gasteiger partial charge on any atom is -0.324 e. The second kappa shape index (κ2) is 6.89. The van der Waals surface area contributed by atoms with E-state index in [9.17, 15) is 4.79 Å². The highest BCUT2D eigenvalue weighted by Gasteiger charge is 2.37. The van der Waals surface area contributed by atoms with E-state index in [2.05, 4.69) is 10.3 Å². The number of benzene rings is 2. The van der Waals surface area contributed by atoms with Gasteiger partial charge in [-0.15, -0.1) is 0 Å². The molecule has 3 heteroatoms. The minimum absolute atomic E-state index is 0.0741. The fourth-order valence-corrected chi connectivity index (χ4v) is 2.94. The van der Waals surface area contributed by atoms with Gasteiger partial charge in [-0.2, -0.15) is 0 Å². The first kappa shape index (κ1) is 16.9. The quantitative estimate of drug-likeness (QED) is 0.757. The number of aryl methyl sites for hydroxylation is 2. The standard InChI is InChI=1S/C22H22N2O/c1-16-14-20(15-23-17(16)2)24-21(25)22(3,18-10-6-4-7-11-18)19-12-8-5-9-13-19/h4-15H,1-3H3,(H,24,25). The second-order valence-corrected chi connectivity index (χ2v) is 6.44. The van der Waals surface area contributed by atoms with Gasteiger partial charge in [0.05, 0.1) is 17.3 Å². The van der Waals surface area contributed by atoms with Crippen molar-refractivity contribution in [2.24, 2.45) is 0 Å². The Morgan fingerprint density at radius 3 is 1.92 bits per heavy atom. The van der Waals surface area contributed by atoms with Gasteiger partial charge in [-0.25, -0.2) is 0 Å². The Balaban J connectivity index is 2.02. The zero-order valence-electron chi connectivity index (χ0n) is 14.8. The third-order valence-corrected chi connectivity index (χ3v) is 4.75. The number of carbonyl (C=O) groups excluding carboxylic acids is 1. The molecule has 1 amide bonds. The van der Waals surface area contributed by atoms with Crippen LogP contribution >= 0.6 is 0 Å². The zero-order valence-corrected chi connectivity index (χ0v) is 14.8. The van der Waals surface area contributed by atoms with Gasteiger partial charge in [0.25, 0.3) is 0 Å². The third-order valence-electron chi connectivity index (χ3n) is 4.75. The van der Waals surface area contributed by atoms with Crippen molar-refractivity contribution in [1.29, 1.82) is 0 Å². The van der Waals surface area contributed by atoms with Crippen LogP contribution in [0, 0.1) is 13.8 Å². The molecule has 0 saturated heterocycles. The van der Waals surface area contributed by atoms with Gasteiger partial charge >= 0.3 is 0 Å². The molecule has 3 rings (SSSR count). The fourth-order valence-electron chi connectivity index (χ4n) is 2.94. The number of nitrogens with one attached hydrogen (secondary N) is 1. The van der Waals surface area contributed by atoms with Crippen molar-refractivity contribution in [2.75, 3.05) is 5.32 Å². The van der Waals surface area contributed by atoms with Crippen LogP contribution in [-0.4, -0.2) is 10.9 Å². The molecule has 3 aromatic rings. The predicted molar refractivity (Wildman–Crippen MR) is 102 cm³/mol. The fraction of sp³-hybridized carbons (Fsp3) is 0.182. The van der Waals surface area contributed by atoms with Gasteiger partial charge in [0.15, 0.2) is 0 Å². The van der Waals surface area contributed by atoms with Crippen LogP contribution in [-0.2, 0) is 10.2 Å². The first-order valence-electron chi connectivity index (χ1n) is 8.37. The molecule has 0 bridgehead atoms. The van der Waals surface area contributed by atoms with Crippen molar-refractivity contribution in [1.82, 2.24) is 4.98 Å². The van der Waals surface area contributed by atoms with Crippen molar-refractivity contribution >= 4 is 11.6 Å². The maximum absolute atomic E-state index is 13.3. The van der Waals surface area contributed by atoms with E-state index in [1.165, 1.54) is 0 Å². The Morgan fingerprint density at radius 1 is 0.920 bits per heavy atom. The molecule has 0 saturated carbocycles. The number of rotatable bonds is 4. The third kappa shape index (κ3) is 3.31. The van der Waals surface area contributed by atoms with Crippen LogP contribution in [0.25, 0.3) is 0 Å². The van der Waals surface area contributed by atoms with E-state index in [0.29, 0.717) is 5.69 Å². The Hall–Kier alpha value is -2.94. The molecule has 1 N–H and O–H groups in total. The lowest BCUT2D eigenvalue weighted by atomic mass is 9.75. The predicted octanol–water partition coefficient (Wildman–Crippen LogP) is 4.64. The SMILES string of the molecule is Cc1cc(NC(=O)C(C)(c2ccccc2)c2ccccc2)cnc1C. The van der Waals surface area contributed by atoms with Crippen LogP contribution in [0.1, 0.15) is 29.3 Å². The number of nitrogens with zero attached hydrogens (tertiary/aromatic N) is 1. The first-order chi connectivity index (χ1) is 12.0. The number of amides is 1. The van der Waals surface area contributed by atoms with Gasteiger partial charge in [0, 0.05) is 5.69 Å². The smallest absolute Gasteiger partial charge is 0.239 e. The highest BCUT2D eigenvalue weighted by Crippen LogP contribution is 2.33. The zero-order chi connectivity index (χ0) is 17.9. The molecular weight excluding hydrogens is 308 g/mol. The number of pyridine rings is 1. The van der Waals surface area contributed by atoms with Crippen molar-refractivity contribution in [3.8, 4) is 0 Å². The Kier molecular flexibility index (Phi) is 4.66. The van der Waals surface area contributed by atoms with Gasteiger partial charge in [0.2, 0.25) is 5.91 Å². The summed E-state index contributed by atoms with van der Waals surface area (Å²) in [5.74, 6) is -0.0741. The average molecular weight is 330 g/mol. The summed E-state index contributed by atoms with van der Waals surface area (Å²) < 4.78 is 0. The summed E-state index contributed by atoms with van der Waals surface area (Å²) >= 11 is 0. The van der Waals surface area contributed by atoms with Gasteiger partial charge in [0.1, 0.15) is 0 Å². The summed E-state index contributed by atoms with van der Waals surface area (Å²) in [5.41, 5.74) is 3.85. The van der Waals surface area contributed by atoms with Crippen molar-refractivity contribution in [2.45, 2.75) is 26.2 Å². The summed E-state index contributed by atoms with van der Waals surface area (Å²) in [6, 6.07) is 21.7. The van der Waals surface area contributed by atoms with Gasteiger partial charge in [-0.3, -0.25) is 9.78 Å². The molecule has 0 atom stereocenters. The van der Waals surface area contributed by atoms with Crippen molar-refractivity contribution in [3.63, 3.8) is 0 Å². The lowest BCUT2D eigenvalue weighted by Crippen LogP contribution is -2.38. The van der Waals surface area contributed by atoms with Crippen LogP contribution in [0.5, 0.6) is 0 Å². The highest BCUT2D eigenvalue weighted by atomic mass is 16.2. The minimum atomic E-state index is -0.790. The lowest BCUT2D eigenvalue weighted by Gasteiger charge is -2.29. The summed E-state index contributed by atoms with van der Waals surface area (Å²) in [6.45, 7) is 5.91. The molecule has 25 heavy (non-hydrogen) atoms. The van der Waals surface area contributed by atoms with E-state index in [0.717, 1.165) is 22.4 Å². The van der Waals surface area contributed by atoms with Crippen LogP contribution in [0.4, 0.5) is 5.69 Å². The molecule has 0 spiro atoms. The summed E-state index contributed by atoms with van der Waals surface area (Å²) in [7, 11) is 0. The average Bonchev–Trinajstić information content (AvgIpc) is 2.65. The molecule has 0 aliphatic rings. The molecule has 0 aliphatic carbocycles. The van der Waals surface area contributed by atoms with Crippen LogP contribution in [0.15, 0.2) is 72.9 Å².